The fourth-order valence-corrected chi connectivity index (χ4v) is 2.99. The van der Waals surface area contributed by atoms with E-state index in [4.69, 9.17) is 5.73 Å². The smallest absolute Gasteiger partial charge is 0.242 e. The van der Waals surface area contributed by atoms with Crippen LogP contribution < -0.4 is 11.1 Å². The highest BCUT2D eigenvalue weighted by molar-refractivity contribution is 7.98. The number of nitrogens with one attached hydrogen (secondary N) is 1. The number of nitrogens with two attached hydrogens (primary N) is 1. The number of thioether (sulfide) groups is 1. The molecule has 0 aliphatic carbocycles. The van der Waals surface area contributed by atoms with Crippen molar-refractivity contribution >= 4 is 33.4 Å². The summed E-state index contributed by atoms with van der Waals surface area (Å²) < 4.78 is 25.2. The topological polar surface area (TPSA) is 92.5 Å². The second kappa shape index (κ2) is 7.79. The molecule has 1 aromatic rings. The molecule has 0 radical (unpaired) electrons. The van der Waals surface area contributed by atoms with Crippen molar-refractivity contribution in [3.63, 3.8) is 0 Å². The van der Waals surface area contributed by atoms with Gasteiger partial charge in [0.05, 0.1) is 10.9 Å². The van der Waals surface area contributed by atoms with Gasteiger partial charge in [-0.15, -0.1) is 0 Å². The standard InChI is InChI=1S/C13H21N3O3S2/c1-16(2)21(18,19)11-6-4-5-10(9-11)15-13(17)12(14)7-8-20-3/h4-6,9,12H,7-8,14H2,1-3H3,(H,15,17)/t12-/m1/s1. The minimum Gasteiger partial charge on any atom is -0.325 e. The number of anilines is 1. The molecular formula is C13H21N3O3S2. The Hall–Kier alpha value is -1.09. The van der Waals surface area contributed by atoms with E-state index in [0.29, 0.717) is 12.1 Å². The maximum Gasteiger partial charge on any atom is 0.242 e. The summed E-state index contributed by atoms with van der Waals surface area (Å²) in [7, 11) is -0.608. The summed E-state index contributed by atoms with van der Waals surface area (Å²) >= 11 is 1.62. The second-order valence-corrected chi connectivity index (χ2v) is 7.83. The Bertz CT molecular complexity index is 588. The highest BCUT2D eigenvalue weighted by atomic mass is 32.2. The largest absolute Gasteiger partial charge is 0.325 e. The Morgan fingerprint density at radius 2 is 2.10 bits per heavy atom. The summed E-state index contributed by atoms with van der Waals surface area (Å²) in [6.45, 7) is 0. The molecule has 0 heterocycles. The molecule has 21 heavy (non-hydrogen) atoms. The van der Waals surface area contributed by atoms with E-state index in [2.05, 4.69) is 5.32 Å². The van der Waals surface area contributed by atoms with Gasteiger partial charge in [0.15, 0.2) is 0 Å². The molecule has 0 spiro atoms. The third-order valence-corrected chi connectivity index (χ3v) is 5.30. The quantitative estimate of drug-likeness (QED) is 0.776. The summed E-state index contributed by atoms with van der Waals surface area (Å²) in [6.07, 6.45) is 2.52. The average Bonchev–Trinajstić information content (AvgIpc) is 2.44. The molecule has 1 atom stereocenters. The van der Waals surface area contributed by atoms with Gasteiger partial charge in [-0.3, -0.25) is 4.79 Å². The van der Waals surface area contributed by atoms with Crippen molar-refractivity contribution in [1.82, 2.24) is 4.31 Å². The van der Waals surface area contributed by atoms with Gasteiger partial charge in [0, 0.05) is 19.8 Å². The molecule has 0 saturated heterocycles. The number of sulfonamides is 1. The molecule has 0 aromatic heterocycles. The van der Waals surface area contributed by atoms with Crippen LogP contribution in [0.2, 0.25) is 0 Å². The van der Waals surface area contributed by atoms with Crippen LogP contribution in [0, 0.1) is 0 Å². The minimum atomic E-state index is -3.52. The minimum absolute atomic E-state index is 0.128. The van der Waals surface area contributed by atoms with Gasteiger partial charge in [0.25, 0.3) is 0 Å². The fraction of sp³-hybridized carbons (Fsp3) is 0.462. The summed E-state index contributed by atoms with van der Waals surface area (Å²) in [6, 6.07) is 5.52. The maximum atomic E-state index is 12.0. The molecule has 8 heteroatoms. The van der Waals surface area contributed by atoms with Crippen molar-refractivity contribution in [2.45, 2.75) is 17.4 Å². The van der Waals surface area contributed by atoms with Gasteiger partial charge in [-0.05, 0) is 36.6 Å². The molecule has 0 unspecified atom stereocenters. The number of carbonyl (C=O) groups excluding carboxylic acids is 1. The van der Waals surface area contributed by atoms with Crippen LogP contribution in [0.3, 0.4) is 0 Å². The van der Waals surface area contributed by atoms with Crippen LogP contribution in [0.25, 0.3) is 0 Å². The first-order valence-electron chi connectivity index (χ1n) is 6.37. The zero-order valence-corrected chi connectivity index (χ0v) is 14.0. The Morgan fingerprint density at radius 3 is 2.67 bits per heavy atom. The number of benzene rings is 1. The van der Waals surface area contributed by atoms with Crippen LogP contribution in [0.5, 0.6) is 0 Å². The van der Waals surface area contributed by atoms with Crippen LogP contribution in [0.15, 0.2) is 29.2 Å². The van der Waals surface area contributed by atoms with Gasteiger partial charge in [-0.1, -0.05) is 6.07 Å². The lowest BCUT2D eigenvalue weighted by atomic mass is 10.2. The van der Waals surface area contributed by atoms with Gasteiger partial charge in [0.2, 0.25) is 15.9 Å². The van der Waals surface area contributed by atoms with Crippen molar-refractivity contribution in [2.75, 3.05) is 31.4 Å². The van der Waals surface area contributed by atoms with E-state index in [1.54, 1.807) is 23.9 Å². The molecular weight excluding hydrogens is 310 g/mol. The number of amides is 1. The van der Waals surface area contributed by atoms with Crippen molar-refractivity contribution in [2.24, 2.45) is 5.73 Å². The number of carbonyl (C=O) groups is 1. The molecule has 3 N–H and O–H groups in total. The average molecular weight is 331 g/mol. The van der Waals surface area contributed by atoms with E-state index in [0.717, 1.165) is 10.1 Å². The number of rotatable bonds is 7. The molecule has 6 nitrogen and oxygen atoms in total. The van der Waals surface area contributed by atoms with E-state index in [1.165, 1.54) is 26.2 Å². The van der Waals surface area contributed by atoms with Crippen molar-refractivity contribution in [1.29, 1.82) is 0 Å². The highest BCUT2D eigenvalue weighted by Gasteiger charge is 2.18. The second-order valence-electron chi connectivity index (χ2n) is 4.69. The molecule has 0 saturated carbocycles. The Kier molecular flexibility index (Phi) is 6.66. The van der Waals surface area contributed by atoms with Gasteiger partial charge >= 0.3 is 0 Å². The van der Waals surface area contributed by atoms with Crippen LogP contribution in [-0.2, 0) is 14.8 Å². The molecule has 0 bridgehead atoms. The first kappa shape index (κ1) is 18.0. The third kappa shape index (κ3) is 4.99. The van der Waals surface area contributed by atoms with Gasteiger partial charge < -0.3 is 11.1 Å². The molecule has 0 fully saturated rings. The maximum absolute atomic E-state index is 12.0. The van der Waals surface area contributed by atoms with Crippen molar-refractivity contribution in [3.05, 3.63) is 24.3 Å². The van der Waals surface area contributed by atoms with Gasteiger partial charge in [-0.2, -0.15) is 11.8 Å². The SMILES string of the molecule is CSCC[C@@H](N)C(=O)Nc1cccc(S(=O)(=O)N(C)C)c1. The predicted octanol–water partition coefficient (Wildman–Crippen LogP) is 0.956. The Labute approximate surface area is 130 Å². The monoisotopic (exact) mass is 331 g/mol. The number of hydrogen-bond acceptors (Lipinski definition) is 5. The normalized spacial score (nSPS) is 13.2. The third-order valence-electron chi connectivity index (χ3n) is 2.85. The van der Waals surface area contributed by atoms with E-state index in [1.807, 2.05) is 6.26 Å². The molecule has 1 aromatic carbocycles. The Morgan fingerprint density at radius 1 is 1.43 bits per heavy atom. The summed E-state index contributed by atoms with van der Waals surface area (Å²) in [5, 5.41) is 2.65. The molecule has 1 rings (SSSR count). The fourth-order valence-electron chi connectivity index (χ4n) is 1.56. The van der Waals surface area contributed by atoms with Gasteiger partial charge in [0.1, 0.15) is 0 Å². The lowest BCUT2D eigenvalue weighted by molar-refractivity contribution is -0.117. The number of nitrogens with zero attached hydrogens (tertiary/aromatic N) is 1. The summed E-state index contributed by atoms with van der Waals surface area (Å²) in [4.78, 5) is 12.0. The molecule has 1 amide bonds. The zero-order valence-electron chi connectivity index (χ0n) is 12.4. The van der Waals surface area contributed by atoms with Crippen LogP contribution in [0.4, 0.5) is 5.69 Å². The van der Waals surface area contributed by atoms with E-state index >= 15 is 0 Å². The van der Waals surface area contributed by atoms with E-state index in [9.17, 15) is 13.2 Å². The zero-order chi connectivity index (χ0) is 16.0. The van der Waals surface area contributed by atoms with Crippen molar-refractivity contribution < 1.29 is 13.2 Å². The van der Waals surface area contributed by atoms with Crippen LogP contribution in [-0.4, -0.2) is 50.8 Å². The molecule has 0 aliphatic heterocycles. The lowest BCUT2D eigenvalue weighted by Gasteiger charge is -2.14. The van der Waals surface area contributed by atoms with Crippen LogP contribution >= 0.6 is 11.8 Å². The first-order chi connectivity index (χ1) is 9.78. The molecule has 118 valence electrons. The Balaban J connectivity index is 2.85. The summed E-state index contributed by atoms with van der Waals surface area (Å²) in [5.41, 5.74) is 6.19. The predicted molar refractivity (Wildman–Crippen MR) is 86.9 cm³/mol. The highest BCUT2D eigenvalue weighted by Crippen LogP contribution is 2.18. The molecule has 0 aliphatic rings. The first-order valence-corrected chi connectivity index (χ1v) is 9.20. The lowest BCUT2D eigenvalue weighted by Crippen LogP contribution is -2.36. The van der Waals surface area contributed by atoms with E-state index in [-0.39, 0.29) is 10.8 Å². The summed E-state index contributed by atoms with van der Waals surface area (Å²) in [5.74, 6) is 0.479. The number of hydrogen-bond donors (Lipinski definition) is 2. The van der Waals surface area contributed by atoms with E-state index < -0.39 is 16.1 Å². The van der Waals surface area contributed by atoms with Crippen molar-refractivity contribution in [3.8, 4) is 0 Å². The van der Waals surface area contributed by atoms with Gasteiger partial charge in [-0.25, -0.2) is 12.7 Å². The van der Waals surface area contributed by atoms with Crippen LogP contribution in [0.1, 0.15) is 6.42 Å².